The molecule has 0 fully saturated rings. The van der Waals surface area contributed by atoms with Crippen LogP contribution in [0.1, 0.15) is 24.2 Å². The predicted octanol–water partition coefficient (Wildman–Crippen LogP) is 3.42. The zero-order valence-corrected chi connectivity index (χ0v) is 15.2. The Labute approximate surface area is 157 Å². The molecule has 0 saturated carbocycles. The second kappa shape index (κ2) is 9.19. The van der Waals surface area contributed by atoms with Gasteiger partial charge in [0.15, 0.2) is 0 Å². The minimum Gasteiger partial charge on any atom is -0.489 e. The molecule has 0 aliphatic carbocycles. The van der Waals surface area contributed by atoms with E-state index in [4.69, 9.17) is 4.74 Å². The van der Waals surface area contributed by atoms with E-state index >= 15 is 0 Å². The van der Waals surface area contributed by atoms with E-state index in [0.29, 0.717) is 29.4 Å². The molecule has 0 unspecified atom stereocenters. The largest absolute Gasteiger partial charge is 0.489 e. The molecule has 2 rings (SSSR count). The first-order valence-corrected chi connectivity index (χ1v) is 8.23. The maximum atomic E-state index is 12.6. The highest BCUT2D eigenvalue weighted by Crippen LogP contribution is 2.22. The number of carbonyl (C=O) groups is 3. The van der Waals surface area contributed by atoms with Gasteiger partial charge >= 0.3 is 0 Å². The second-order valence-corrected chi connectivity index (χ2v) is 5.74. The summed E-state index contributed by atoms with van der Waals surface area (Å²) >= 11 is 0. The van der Waals surface area contributed by atoms with Gasteiger partial charge in [-0.15, -0.1) is 0 Å². The maximum Gasteiger partial charge on any atom is 0.255 e. The van der Waals surface area contributed by atoms with Gasteiger partial charge in [0.2, 0.25) is 11.8 Å². The van der Waals surface area contributed by atoms with E-state index in [1.807, 2.05) is 0 Å². The van der Waals surface area contributed by atoms with Crippen molar-refractivity contribution in [3.05, 3.63) is 60.7 Å². The van der Waals surface area contributed by atoms with Gasteiger partial charge < -0.3 is 20.7 Å². The lowest BCUT2D eigenvalue weighted by molar-refractivity contribution is -0.115. The van der Waals surface area contributed by atoms with Gasteiger partial charge in [-0.25, -0.2) is 0 Å². The van der Waals surface area contributed by atoms with Crippen LogP contribution in [-0.4, -0.2) is 24.3 Å². The molecular formula is C20H21N3O4. The van der Waals surface area contributed by atoms with Crippen LogP contribution in [0.15, 0.2) is 55.1 Å². The van der Waals surface area contributed by atoms with Crippen molar-refractivity contribution in [1.82, 2.24) is 0 Å². The first-order valence-electron chi connectivity index (χ1n) is 8.23. The van der Waals surface area contributed by atoms with E-state index in [1.165, 1.54) is 26.0 Å². The fraction of sp³-hybridized carbons (Fsp3) is 0.150. The van der Waals surface area contributed by atoms with Crippen LogP contribution in [-0.2, 0) is 9.59 Å². The summed E-state index contributed by atoms with van der Waals surface area (Å²) in [6, 6.07) is 11.6. The van der Waals surface area contributed by atoms with E-state index in [0.717, 1.165) is 0 Å². The summed E-state index contributed by atoms with van der Waals surface area (Å²) in [5, 5.41) is 7.99. The Kier molecular flexibility index (Phi) is 6.71. The summed E-state index contributed by atoms with van der Waals surface area (Å²) in [7, 11) is 0. The standard InChI is InChI=1S/C20H21N3O4/c1-4-8-27-19-7-5-6-16(12-19)23-20(26)15-9-17(21-13(2)24)11-18(10-15)22-14(3)25/h4-7,9-12H,1,8H2,2-3H3,(H,21,24)(H,22,25)(H,23,26). The van der Waals surface area contributed by atoms with Gasteiger partial charge in [0.1, 0.15) is 12.4 Å². The number of ether oxygens (including phenoxy) is 1. The van der Waals surface area contributed by atoms with Crippen LogP contribution in [0.2, 0.25) is 0 Å². The minimum absolute atomic E-state index is 0.280. The third-order valence-corrected chi connectivity index (χ3v) is 3.30. The number of amides is 3. The summed E-state index contributed by atoms with van der Waals surface area (Å²) in [5.41, 5.74) is 1.64. The molecule has 0 aliphatic heterocycles. The van der Waals surface area contributed by atoms with Gasteiger partial charge in [0, 0.05) is 42.5 Å². The maximum absolute atomic E-state index is 12.6. The summed E-state index contributed by atoms with van der Waals surface area (Å²) in [6.45, 7) is 6.67. The normalized spacial score (nSPS) is 9.85. The van der Waals surface area contributed by atoms with Gasteiger partial charge in [-0.05, 0) is 30.3 Å². The molecule has 0 aromatic heterocycles. The van der Waals surface area contributed by atoms with Crippen molar-refractivity contribution in [2.24, 2.45) is 0 Å². The molecule has 0 spiro atoms. The van der Waals surface area contributed by atoms with Gasteiger partial charge in [-0.3, -0.25) is 14.4 Å². The molecule has 3 N–H and O–H groups in total. The lowest BCUT2D eigenvalue weighted by Crippen LogP contribution is -2.15. The molecule has 140 valence electrons. The number of hydrogen-bond donors (Lipinski definition) is 3. The van der Waals surface area contributed by atoms with Crippen LogP contribution in [0.3, 0.4) is 0 Å². The van der Waals surface area contributed by atoms with Crippen LogP contribution in [0.4, 0.5) is 17.1 Å². The van der Waals surface area contributed by atoms with Crippen molar-refractivity contribution in [2.75, 3.05) is 22.6 Å². The first kappa shape index (κ1) is 19.7. The van der Waals surface area contributed by atoms with Crippen molar-refractivity contribution in [3.63, 3.8) is 0 Å². The number of hydrogen-bond acceptors (Lipinski definition) is 4. The number of carbonyl (C=O) groups excluding carboxylic acids is 3. The lowest BCUT2D eigenvalue weighted by Gasteiger charge is -2.12. The van der Waals surface area contributed by atoms with Crippen LogP contribution >= 0.6 is 0 Å². The topological polar surface area (TPSA) is 96.5 Å². The van der Waals surface area contributed by atoms with Crippen molar-refractivity contribution < 1.29 is 19.1 Å². The Morgan fingerprint density at radius 2 is 1.56 bits per heavy atom. The van der Waals surface area contributed by atoms with Crippen LogP contribution in [0.5, 0.6) is 5.75 Å². The molecule has 7 heteroatoms. The van der Waals surface area contributed by atoms with Gasteiger partial charge in [-0.2, -0.15) is 0 Å². The Balaban J connectivity index is 2.24. The molecule has 27 heavy (non-hydrogen) atoms. The lowest BCUT2D eigenvalue weighted by atomic mass is 10.1. The minimum atomic E-state index is -0.394. The highest BCUT2D eigenvalue weighted by Gasteiger charge is 2.11. The number of benzene rings is 2. The zero-order valence-electron chi connectivity index (χ0n) is 15.2. The van der Waals surface area contributed by atoms with E-state index < -0.39 is 5.91 Å². The fourth-order valence-corrected chi connectivity index (χ4v) is 2.33. The molecule has 0 aliphatic rings. The number of nitrogens with one attached hydrogen (secondary N) is 3. The first-order chi connectivity index (χ1) is 12.9. The van der Waals surface area contributed by atoms with Gasteiger partial charge in [-0.1, -0.05) is 18.7 Å². The van der Waals surface area contributed by atoms with Crippen molar-refractivity contribution in [3.8, 4) is 5.75 Å². The number of rotatable bonds is 7. The van der Waals surface area contributed by atoms with Crippen molar-refractivity contribution in [2.45, 2.75) is 13.8 Å². The molecule has 7 nitrogen and oxygen atoms in total. The average molecular weight is 367 g/mol. The highest BCUT2D eigenvalue weighted by molar-refractivity contribution is 6.06. The quantitative estimate of drug-likeness (QED) is 0.653. The molecule has 0 bridgehead atoms. The Morgan fingerprint density at radius 3 is 2.11 bits per heavy atom. The van der Waals surface area contributed by atoms with Crippen LogP contribution in [0.25, 0.3) is 0 Å². The van der Waals surface area contributed by atoms with E-state index in [2.05, 4.69) is 22.5 Å². The SMILES string of the molecule is C=CCOc1cccc(NC(=O)c2cc(NC(C)=O)cc(NC(C)=O)c2)c1. The zero-order chi connectivity index (χ0) is 19.8. The van der Waals surface area contributed by atoms with Crippen LogP contribution < -0.4 is 20.7 Å². The summed E-state index contributed by atoms with van der Waals surface area (Å²) in [5.74, 6) is -0.366. The highest BCUT2D eigenvalue weighted by atomic mass is 16.5. The Morgan fingerprint density at radius 1 is 0.926 bits per heavy atom. The third-order valence-electron chi connectivity index (χ3n) is 3.30. The molecule has 2 aromatic rings. The molecular weight excluding hydrogens is 346 g/mol. The monoisotopic (exact) mass is 367 g/mol. The third kappa shape index (κ3) is 6.32. The predicted molar refractivity (Wildman–Crippen MR) is 105 cm³/mol. The molecule has 0 atom stereocenters. The smallest absolute Gasteiger partial charge is 0.255 e. The Hall–Kier alpha value is -3.61. The van der Waals surface area contributed by atoms with Crippen molar-refractivity contribution >= 4 is 34.8 Å². The molecule has 3 amide bonds. The van der Waals surface area contributed by atoms with Gasteiger partial charge in [0.05, 0.1) is 0 Å². The van der Waals surface area contributed by atoms with Crippen molar-refractivity contribution in [1.29, 1.82) is 0 Å². The molecule has 0 radical (unpaired) electrons. The summed E-state index contributed by atoms with van der Waals surface area (Å²) < 4.78 is 5.44. The number of anilines is 3. The van der Waals surface area contributed by atoms with E-state index in [1.54, 1.807) is 36.4 Å². The van der Waals surface area contributed by atoms with Gasteiger partial charge in [0.25, 0.3) is 5.91 Å². The Bertz CT molecular complexity index is 843. The summed E-state index contributed by atoms with van der Waals surface area (Å²) in [6.07, 6.45) is 1.63. The summed E-state index contributed by atoms with van der Waals surface area (Å²) in [4.78, 5) is 35.3. The molecule has 0 heterocycles. The fourth-order valence-electron chi connectivity index (χ4n) is 2.33. The van der Waals surface area contributed by atoms with E-state index in [9.17, 15) is 14.4 Å². The average Bonchev–Trinajstić information content (AvgIpc) is 2.59. The molecule has 0 saturated heterocycles. The molecule has 2 aromatic carbocycles. The van der Waals surface area contributed by atoms with Crippen LogP contribution in [0, 0.1) is 0 Å². The van der Waals surface area contributed by atoms with E-state index in [-0.39, 0.29) is 17.4 Å². The second-order valence-electron chi connectivity index (χ2n) is 5.74.